The van der Waals surface area contributed by atoms with Crippen molar-refractivity contribution in [3.63, 3.8) is 0 Å². The molecule has 2 aromatic heterocycles. The molecule has 5 heteroatoms. The zero-order chi connectivity index (χ0) is 13.8. The highest BCUT2D eigenvalue weighted by Crippen LogP contribution is 2.18. The molecule has 2 N–H and O–H groups in total. The molecule has 0 fully saturated rings. The van der Waals surface area contributed by atoms with Crippen LogP contribution in [-0.2, 0) is 6.42 Å². The molecule has 1 aromatic carbocycles. The maximum Gasteiger partial charge on any atom is 0.164 e. The van der Waals surface area contributed by atoms with Crippen LogP contribution in [0.2, 0.25) is 0 Å². The first kappa shape index (κ1) is 12.2. The molecule has 0 spiro atoms. The van der Waals surface area contributed by atoms with Crippen molar-refractivity contribution >= 4 is 5.82 Å². The SMILES string of the molecule is Nc1nc(-c2cncnc2)ncc1Cc1ccccc1. The molecule has 0 saturated heterocycles. The van der Waals surface area contributed by atoms with Gasteiger partial charge >= 0.3 is 0 Å². The number of nitrogens with zero attached hydrogens (tertiary/aromatic N) is 4. The molecule has 0 aliphatic heterocycles. The number of rotatable bonds is 3. The molecule has 0 aliphatic carbocycles. The summed E-state index contributed by atoms with van der Waals surface area (Å²) in [5, 5.41) is 0. The van der Waals surface area contributed by atoms with Gasteiger partial charge in [0.1, 0.15) is 12.1 Å². The topological polar surface area (TPSA) is 77.6 Å². The summed E-state index contributed by atoms with van der Waals surface area (Å²) in [4.78, 5) is 16.6. The second kappa shape index (κ2) is 5.44. The van der Waals surface area contributed by atoms with Gasteiger partial charge < -0.3 is 5.73 Å². The van der Waals surface area contributed by atoms with Crippen molar-refractivity contribution in [2.45, 2.75) is 6.42 Å². The molecule has 0 amide bonds. The third-order valence-corrected chi connectivity index (χ3v) is 2.95. The van der Waals surface area contributed by atoms with Crippen molar-refractivity contribution in [3.05, 3.63) is 66.4 Å². The van der Waals surface area contributed by atoms with Gasteiger partial charge in [0.05, 0.1) is 5.56 Å². The molecular weight excluding hydrogens is 250 g/mol. The number of benzene rings is 1. The van der Waals surface area contributed by atoms with E-state index >= 15 is 0 Å². The second-order valence-corrected chi connectivity index (χ2v) is 4.39. The van der Waals surface area contributed by atoms with Crippen molar-refractivity contribution in [2.24, 2.45) is 0 Å². The summed E-state index contributed by atoms with van der Waals surface area (Å²) < 4.78 is 0. The van der Waals surface area contributed by atoms with Gasteiger partial charge in [-0.2, -0.15) is 0 Å². The van der Waals surface area contributed by atoms with Gasteiger partial charge in [0, 0.05) is 30.6 Å². The first-order valence-corrected chi connectivity index (χ1v) is 6.23. The highest BCUT2D eigenvalue weighted by Gasteiger charge is 2.07. The van der Waals surface area contributed by atoms with Crippen molar-refractivity contribution in [3.8, 4) is 11.4 Å². The van der Waals surface area contributed by atoms with E-state index in [1.54, 1.807) is 18.6 Å². The molecule has 0 bridgehead atoms. The van der Waals surface area contributed by atoms with Gasteiger partial charge in [0.2, 0.25) is 0 Å². The van der Waals surface area contributed by atoms with Crippen LogP contribution in [0.15, 0.2) is 55.2 Å². The summed E-state index contributed by atoms with van der Waals surface area (Å²) in [7, 11) is 0. The first-order valence-electron chi connectivity index (χ1n) is 6.23. The fourth-order valence-electron chi connectivity index (χ4n) is 1.93. The zero-order valence-electron chi connectivity index (χ0n) is 10.8. The second-order valence-electron chi connectivity index (χ2n) is 4.39. The fraction of sp³-hybridized carbons (Fsp3) is 0.0667. The van der Waals surface area contributed by atoms with Crippen LogP contribution < -0.4 is 5.73 Å². The van der Waals surface area contributed by atoms with E-state index in [1.165, 1.54) is 11.9 Å². The molecule has 0 atom stereocenters. The number of aromatic nitrogens is 4. The third-order valence-electron chi connectivity index (χ3n) is 2.95. The molecule has 0 aliphatic rings. The van der Waals surface area contributed by atoms with Gasteiger partial charge in [-0.15, -0.1) is 0 Å². The minimum Gasteiger partial charge on any atom is -0.383 e. The lowest BCUT2D eigenvalue weighted by molar-refractivity contribution is 1.07. The third kappa shape index (κ3) is 2.61. The van der Waals surface area contributed by atoms with Gasteiger partial charge in [0.15, 0.2) is 5.82 Å². The summed E-state index contributed by atoms with van der Waals surface area (Å²) in [6, 6.07) is 10.1. The van der Waals surface area contributed by atoms with E-state index in [0.29, 0.717) is 11.6 Å². The summed E-state index contributed by atoms with van der Waals surface area (Å²) in [6.07, 6.45) is 7.28. The Bertz CT molecular complexity index is 698. The molecule has 3 rings (SSSR count). The number of nitrogens with two attached hydrogens (primary N) is 1. The van der Waals surface area contributed by atoms with Crippen LogP contribution in [0, 0.1) is 0 Å². The Labute approximate surface area is 116 Å². The molecule has 2 heterocycles. The van der Waals surface area contributed by atoms with E-state index < -0.39 is 0 Å². The molecule has 98 valence electrons. The maximum atomic E-state index is 6.01. The number of hydrogen-bond donors (Lipinski definition) is 1. The maximum absolute atomic E-state index is 6.01. The van der Waals surface area contributed by atoms with Gasteiger partial charge in [-0.05, 0) is 5.56 Å². The Hall–Kier alpha value is -2.82. The van der Waals surface area contributed by atoms with Gasteiger partial charge in [-0.25, -0.2) is 19.9 Å². The highest BCUT2D eigenvalue weighted by molar-refractivity contribution is 5.55. The molecule has 0 saturated carbocycles. The van der Waals surface area contributed by atoms with Crippen LogP contribution in [0.4, 0.5) is 5.82 Å². The van der Waals surface area contributed by atoms with Crippen molar-refractivity contribution in [1.82, 2.24) is 19.9 Å². The molecular formula is C15H13N5. The Morgan fingerprint density at radius 3 is 2.40 bits per heavy atom. The van der Waals surface area contributed by atoms with E-state index in [9.17, 15) is 0 Å². The van der Waals surface area contributed by atoms with Crippen LogP contribution in [0.5, 0.6) is 0 Å². The molecule has 0 unspecified atom stereocenters. The van der Waals surface area contributed by atoms with Crippen LogP contribution in [0.3, 0.4) is 0 Å². The van der Waals surface area contributed by atoms with Crippen LogP contribution in [-0.4, -0.2) is 19.9 Å². The van der Waals surface area contributed by atoms with Crippen LogP contribution in [0.25, 0.3) is 11.4 Å². The summed E-state index contributed by atoms with van der Waals surface area (Å²) in [5.74, 6) is 1.03. The van der Waals surface area contributed by atoms with Crippen molar-refractivity contribution in [2.75, 3.05) is 5.73 Å². The van der Waals surface area contributed by atoms with E-state index in [4.69, 9.17) is 5.73 Å². The van der Waals surface area contributed by atoms with E-state index in [1.807, 2.05) is 18.2 Å². The van der Waals surface area contributed by atoms with E-state index in [0.717, 1.165) is 17.5 Å². The zero-order valence-corrected chi connectivity index (χ0v) is 10.8. The van der Waals surface area contributed by atoms with Crippen LogP contribution in [0.1, 0.15) is 11.1 Å². The summed E-state index contributed by atoms with van der Waals surface area (Å²) >= 11 is 0. The minimum absolute atomic E-state index is 0.489. The first-order chi connectivity index (χ1) is 9.83. The number of nitrogen functional groups attached to an aromatic ring is 1. The van der Waals surface area contributed by atoms with Crippen LogP contribution >= 0.6 is 0 Å². The average Bonchev–Trinajstić information content (AvgIpc) is 2.51. The average molecular weight is 263 g/mol. The minimum atomic E-state index is 0.489. The summed E-state index contributed by atoms with van der Waals surface area (Å²) in [6.45, 7) is 0. The highest BCUT2D eigenvalue weighted by atomic mass is 15.0. The molecule has 3 aromatic rings. The smallest absolute Gasteiger partial charge is 0.164 e. The normalized spacial score (nSPS) is 10.4. The Kier molecular flexibility index (Phi) is 3.33. The molecule has 0 radical (unpaired) electrons. The number of hydrogen-bond acceptors (Lipinski definition) is 5. The largest absolute Gasteiger partial charge is 0.383 e. The van der Waals surface area contributed by atoms with Gasteiger partial charge in [-0.1, -0.05) is 30.3 Å². The molecule has 20 heavy (non-hydrogen) atoms. The Balaban J connectivity index is 1.89. The summed E-state index contributed by atoms with van der Waals surface area (Å²) in [5.41, 5.74) is 8.86. The molecule has 5 nitrogen and oxygen atoms in total. The predicted molar refractivity (Wildman–Crippen MR) is 76.7 cm³/mol. The lowest BCUT2D eigenvalue weighted by Gasteiger charge is -2.06. The standard InChI is InChI=1S/C15H13N5/c16-14-12(6-11-4-2-1-3-5-11)9-19-15(20-14)13-7-17-10-18-8-13/h1-5,7-10H,6H2,(H2,16,19,20). The fourth-order valence-corrected chi connectivity index (χ4v) is 1.93. The quantitative estimate of drug-likeness (QED) is 0.783. The monoisotopic (exact) mass is 263 g/mol. The van der Waals surface area contributed by atoms with Gasteiger partial charge in [-0.3, -0.25) is 0 Å². The lowest BCUT2D eigenvalue weighted by Crippen LogP contribution is -2.02. The van der Waals surface area contributed by atoms with E-state index in [-0.39, 0.29) is 0 Å². The lowest BCUT2D eigenvalue weighted by atomic mass is 10.1. The van der Waals surface area contributed by atoms with Gasteiger partial charge in [0.25, 0.3) is 0 Å². The number of anilines is 1. The Morgan fingerprint density at radius 2 is 1.70 bits per heavy atom. The van der Waals surface area contributed by atoms with E-state index in [2.05, 4.69) is 32.1 Å². The Morgan fingerprint density at radius 1 is 0.950 bits per heavy atom. The van der Waals surface area contributed by atoms with Crippen molar-refractivity contribution < 1.29 is 0 Å². The predicted octanol–water partition coefficient (Wildman–Crippen LogP) is 2.11. The van der Waals surface area contributed by atoms with Crippen molar-refractivity contribution in [1.29, 1.82) is 0 Å².